The SMILES string of the molecule is COc1cccc(/C=C2/CCn3c2nc2cc(C(F)(F)F)ccc2c3=O)c1OC. The maximum atomic E-state index is 13.1. The molecule has 0 N–H and O–H groups in total. The molecule has 1 aromatic heterocycles. The highest BCUT2D eigenvalue weighted by Gasteiger charge is 2.31. The molecule has 0 amide bonds. The van der Waals surface area contributed by atoms with E-state index in [1.807, 2.05) is 12.1 Å². The highest BCUT2D eigenvalue weighted by atomic mass is 19.4. The van der Waals surface area contributed by atoms with E-state index in [1.54, 1.807) is 12.1 Å². The van der Waals surface area contributed by atoms with Crippen molar-refractivity contribution in [1.29, 1.82) is 0 Å². The van der Waals surface area contributed by atoms with Crippen molar-refractivity contribution in [1.82, 2.24) is 9.55 Å². The van der Waals surface area contributed by atoms with Crippen molar-refractivity contribution in [2.45, 2.75) is 19.1 Å². The number of fused-ring (bicyclic) bond motifs is 2. The molecule has 150 valence electrons. The fourth-order valence-electron chi connectivity index (χ4n) is 3.54. The molecule has 4 rings (SSSR count). The van der Waals surface area contributed by atoms with Crippen LogP contribution in [0, 0.1) is 0 Å². The number of hydrogen-bond donors (Lipinski definition) is 0. The molecule has 0 saturated heterocycles. The van der Waals surface area contributed by atoms with Gasteiger partial charge in [-0.2, -0.15) is 13.2 Å². The van der Waals surface area contributed by atoms with Crippen molar-refractivity contribution in [3.05, 3.63) is 63.7 Å². The van der Waals surface area contributed by atoms with E-state index in [-0.39, 0.29) is 16.5 Å². The number of alkyl halides is 3. The Balaban J connectivity index is 1.89. The Morgan fingerprint density at radius 3 is 2.62 bits per heavy atom. The first-order chi connectivity index (χ1) is 13.8. The third-order valence-corrected chi connectivity index (χ3v) is 4.94. The number of benzene rings is 2. The summed E-state index contributed by atoms with van der Waals surface area (Å²) in [6.07, 6.45) is -2.14. The molecule has 0 fully saturated rings. The third kappa shape index (κ3) is 3.24. The predicted molar refractivity (Wildman–Crippen MR) is 103 cm³/mol. The van der Waals surface area contributed by atoms with Gasteiger partial charge in [-0.1, -0.05) is 12.1 Å². The van der Waals surface area contributed by atoms with Crippen molar-refractivity contribution in [2.75, 3.05) is 14.2 Å². The summed E-state index contributed by atoms with van der Waals surface area (Å²) >= 11 is 0. The van der Waals surface area contributed by atoms with Gasteiger partial charge in [-0.15, -0.1) is 0 Å². The first-order valence-electron chi connectivity index (χ1n) is 8.87. The largest absolute Gasteiger partial charge is 0.493 e. The summed E-state index contributed by atoms with van der Waals surface area (Å²) in [5, 5.41) is 0.168. The molecule has 2 aromatic carbocycles. The molecule has 0 aliphatic carbocycles. The highest BCUT2D eigenvalue weighted by Crippen LogP contribution is 2.36. The van der Waals surface area contributed by atoms with Crippen molar-refractivity contribution in [2.24, 2.45) is 0 Å². The quantitative estimate of drug-likeness (QED) is 0.653. The zero-order valence-corrected chi connectivity index (χ0v) is 15.7. The molecular weight excluding hydrogens is 385 g/mol. The van der Waals surface area contributed by atoms with Crippen LogP contribution in [0.4, 0.5) is 13.2 Å². The predicted octanol–water partition coefficient (Wildman–Crippen LogP) is 4.38. The van der Waals surface area contributed by atoms with Crippen LogP contribution in [0.5, 0.6) is 11.5 Å². The Hall–Kier alpha value is -3.29. The second kappa shape index (κ2) is 6.95. The minimum absolute atomic E-state index is 0.0292. The molecule has 0 unspecified atom stereocenters. The Morgan fingerprint density at radius 2 is 1.93 bits per heavy atom. The molecule has 8 heteroatoms. The van der Waals surface area contributed by atoms with Crippen LogP contribution in [-0.2, 0) is 12.7 Å². The second-order valence-corrected chi connectivity index (χ2v) is 6.62. The lowest BCUT2D eigenvalue weighted by Crippen LogP contribution is -2.21. The number of aromatic nitrogens is 2. The molecular formula is C21H17F3N2O3. The Morgan fingerprint density at radius 1 is 1.14 bits per heavy atom. The van der Waals surface area contributed by atoms with Crippen LogP contribution < -0.4 is 15.0 Å². The number of nitrogens with zero attached hydrogens (tertiary/aromatic N) is 2. The Kier molecular flexibility index (Phi) is 4.56. The van der Waals surface area contributed by atoms with Crippen molar-refractivity contribution in [3.8, 4) is 11.5 Å². The fourth-order valence-corrected chi connectivity index (χ4v) is 3.54. The number of allylic oxidation sites excluding steroid dienone is 1. The zero-order valence-electron chi connectivity index (χ0n) is 15.7. The number of methoxy groups -OCH3 is 2. The van der Waals surface area contributed by atoms with Crippen LogP contribution in [0.3, 0.4) is 0 Å². The van der Waals surface area contributed by atoms with Gasteiger partial charge in [-0.3, -0.25) is 9.36 Å². The lowest BCUT2D eigenvalue weighted by Gasteiger charge is -2.11. The minimum atomic E-state index is -4.50. The lowest BCUT2D eigenvalue weighted by molar-refractivity contribution is -0.137. The second-order valence-electron chi connectivity index (χ2n) is 6.62. The molecule has 0 radical (unpaired) electrons. The van der Waals surface area contributed by atoms with Gasteiger partial charge in [0.25, 0.3) is 5.56 Å². The number of halogens is 3. The molecule has 0 bridgehead atoms. The van der Waals surface area contributed by atoms with Crippen molar-refractivity contribution >= 4 is 22.6 Å². The van der Waals surface area contributed by atoms with Crippen LogP contribution in [-0.4, -0.2) is 23.8 Å². The van der Waals surface area contributed by atoms with Gasteiger partial charge in [0.05, 0.1) is 30.7 Å². The van der Waals surface area contributed by atoms with Gasteiger partial charge < -0.3 is 9.47 Å². The Bertz CT molecular complexity index is 1200. The van der Waals surface area contributed by atoms with Gasteiger partial charge in [0.2, 0.25) is 0 Å². The smallest absolute Gasteiger partial charge is 0.416 e. The maximum Gasteiger partial charge on any atom is 0.416 e. The van der Waals surface area contributed by atoms with Crippen LogP contribution in [0.2, 0.25) is 0 Å². The summed E-state index contributed by atoms with van der Waals surface area (Å²) < 4.78 is 51.4. The van der Waals surface area contributed by atoms with Gasteiger partial charge in [-0.25, -0.2) is 4.98 Å². The molecule has 0 spiro atoms. The molecule has 5 nitrogen and oxygen atoms in total. The van der Waals surface area contributed by atoms with Gasteiger partial charge in [0, 0.05) is 12.1 Å². The van der Waals surface area contributed by atoms with E-state index in [9.17, 15) is 18.0 Å². The minimum Gasteiger partial charge on any atom is -0.493 e. The summed E-state index contributed by atoms with van der Waals surface area (Å²) in [5.41, 5.74) is 0.322. The van der Waals surface area contributed by atoms with E-state index < -0.39 is 11.7 Å². The van der Waals surface area contributed by atoms with Crippen LogP contribution in [0.15, 0.2) is 41.2 Å². The number of ether oxygens (including phenoxy) is 2. The molecule has 1 aliphatic rings. The summed E-state index contributed by atoms with van der Waals surface area (Å²) in [6, 6.07) is 8.41. The van der Waals surface area contributed by atoms with Crippen LogP contribution in [0.1, 0.15) is 23.4 Å². The van der Waals surface area contributed by atoms with Gasteiger partial charge >= 0.3 is 6.18 Å². The molecule has 0 saturated carbocycles. The molecule has 29 heavy (non-hydrogen) atoms. The summed E-state index contributed by atoms with van der Waals surface area (Å²) in [4.78, 5) is 17.2. The van der Waals surface area contributed by atoms with Crippen molar-refractivity contribution < 1.29 is 22.6 Å². The van der Waals surface area contributed by atoms with E-state index in [1.165, 1.54) is 24.9 Å². The van der Waals surface area contributed by atoms with E-state index in [0.29, 0.717) is 30.3 Å². The maximum absolute atomic E-state index is 13.1. The van der Waals surface area contributed by atoms with Gasteiger partial charge in [0.1, 0.15) is 5.82 Å². The van der Waals surface area contributed by atoms with Gasteiger partial charge in [-0.05, 0) is 42.3 Å². The van der Waals surface area contributed by atoms with Crippen molar-refractivity contribution in [3.63, 3.8) is 0 Å². The summed E-state index contributed by atoms with van der Waals surface area (Å²) in [6.45, 7) is 0.413. The zero-order chi connectivity index (χ0) is 20.8. The van der Waals surface area contributed by atoms with E-state index in [0.717, 1.165) is 23.3 Å². The molecule has 2 heterocycles. The van der Waals surface area contributed by atoms with Gasteiger partial charge in [0.15, 0.2) is 11.5 Å². The summed E-state index contributed by atoms with van der Waals surface area (Å²) in [7, 11) is 3.06. The third-order valence-electron chi connectivity index (χ3n) is 4.94. The van der Waals surface area contributed by atoms with E-state index >= 15 is 0 Å². The van der Waals surface area contributed by atoms with E-state index in [4.69, 9.17) is 9.47 Å². The Labute approximate surface area is 164 Å². The number of para-hydroxylation sites is 1. The monoisotopic (exact) mass is 402 g/mol. The molecule has 3 aromatic rings. The normalized spacial score (nSPS) is 15.0. The number of hydrogen-bond acceptors (Lipinski definition) is 4. The fraction of sp³-hybridized carbons (Fsp3) is 0.238. The molecule has 1 aliphatic heterocycles. The lowest BCUT2D eigenvalue weighted by atomic mass is 10.1. The first-order valence-corrected chi connectivity index (χ1v) is 8.87. The standard InChI is InChI=1S/C21H17F3N2O3/c1-28-17-5-3-4-12(18(17)29-2)10-13-8-9-26-19(13)25-16-11-14(21(22,23)24)6-7-15(16)20(26)27/h3-7,10-11H,8-9H2,1-2H3/b13-10-. The first kappa shape index (κ1) is 19.0. The van der Waals surface area contributed by atoms with Crippen LogP contribution in [0.25, 0.3) is 22.6 Å². The highest BCUT2D eigenvalue weighted by molar-refractivity contribution is 5.86. The topological polar surface area (TPSA) is 53.4 Å². The molecule has 0 atom stereocenters. The average molecular weight is 402 g/mol. The van der Waals surface area contributed by atoms with Crippen LogP contribution >= 0.6 is 0 Å². The summed E-state index contributed by atoms with van der Waals surface area (Å²) in [5.74, 6) is 1.45. The average Bonchev–Trinajstić information content (AvgIpc) is 3.09. The number of rotatable bonds is 3. The van der Waals surface area contributed by atoms with E-state index in [2.05, 4.69) is 4.98 Å².